The third-order valence-electron chi connectivity index (χ3n) is 5.45. The fourth-order valence-corrected chi connectivity index (χ4v) is 4.00. The molecule has 0 spiro atoms. The van der Waals surface area contributed by atoms with Crippen LogP contribution in [0.4, 0.5) is 14.5 Å². The van der Waals surface area contributed by atoms with Gasteiger partial charge in [0.05, 0.1) is 45.8 Å². The highest BCUT2D eigenvalue weighted by molar-refractivity contribution is 6.37. The number of ether oxygens (including phenoxy) is 1. The van der Waals surface area contributed by atoms with Crippen LogP contribution in [0.3, 0.4) is 0 Å². The zero-order valence-corrected chi connectivity index (χ0v) is 18.0. The van der Waals surface area contributed by atoms with Crippen LogP contribution in [-0.4, -0.2) is 39.2 Å². The number of carbonyl (C=O) groups excluding carboxylic acids is 3. The van der Waals surface area contributed by atoms with Gasteiger partial charge in [-0.15, -0.1) is 0 Å². The molecule has 2 amide bonds. The van der Waals surface area contributed by atoms with Crippen LogP contribution in [0.5, 0.6) is 0 Å². The number of hydrogen-bond acceptors (Lipinski definition) is 6. The third-order valence-corrected chi connectivity index (χ3v) is 5.45. The van der Waals surface area contributed by atoms with Gasteiger partial charge in [-0.05, 0) is 50.2 Å². The molecule has 0 N–H and O–H groups in total. The van der Waals surface area contributed by atoms with Crippen LogP contribution >= 0.6 is 0 Å². The largest absolute Gasteiger partial charge is 0.462 e. The Hall–Kier alpha value is -4.47. The summed E-state index contributed by atoms with van der Waals surface area (Å²) in [6, 6.07) is 8.80. The van der Waals surface area contributed by atoms with Crippen molar-refractivity contribution in [2.45, 2.75) is 13.8 Å². The van der Waals surface area contributed by atoms with Crippen molar-refractivity contribution in [2.75, 3.05) is 11.5 Å². The van der Waals surface area contributed by atoms with E-state index in [0.29, 0.717) is 11.1 Å². The van der Waals surface area contributed by atoms with Crippen molar-refractivity contribution >= 4 is 34.5 Å². The number of amides is 2. The van der Waals surface area contributed by atoms with E-state index in [4.69, 9.17) is 4.74 Å². The maximum Gasteiger partial charge on any atom is 0.338 e. The first-order chi connectivity index (χ1) is 16.3. The number of aryl methyl sites for hydroxylation is 1. The standard InChI is InChI=1S/C24H16F2N4O4/c1-3-34-24(33)13-4-6-16(7-5-13)29-22(31)18-11-27-21-19(20(18)23(29)32)12(2)28-30(21)17-9-14(25)8-15(26)10-17/h4-11H,3H2,1-2H3. The van der Waals surface area contributed by atoms with Crippen molar-refractivity contribution < 1.29 is 27.9 Å². The van der Waals surface area contributed by atoms with Crippen molar-refractivity contribution in [1.29, 1.82) is 0 Å². The monoisotopic (exact) mass is 462 g/mol. The Bertz CT molecular complexity index is 1490. The first-order valence-electron chi connectivity index (χ1n) is 10.3. The summed E-state index contributed by atoms with van der Waals surface area (Å²) in [5.74, 6) is -3.27. The van der Waals surface area contributed by atoms with Gasteiger partial charge in [0.1, 0.15) is 11.6 Å². The molecule has 4 aromatic rings. The van der Waals surface area contributed by atoms with Gasteiger partial charge in [0, 0.05) is 12.3 Å². The predicted octanol–water partition coefficient (Wildman–Crippen LogP) is 3.98. The number of aromatic nitrogens is 3. The van der Waals surface area contributed by atoms with Gasteiger partial charge in [0.2, 0.25) is 0 Å². The Morgan fingerprint density at radius 1 is 1.00 bits per heavy atom. The highest BCUT2D eigenvalue weighted by atomic mass is 19.1. The summed E-state index contributed by atoms with van der Waals surface area (Å²) in [6.45, 7) is 3.52. The zero-order valence-electron chi connectivity index (χ0n) is 18.0. The van der Waals surface area contributed by atoms with Gasteiger partial charge < -0.3 is 4.74 Å². The molecule has 0 bridgehead atoms. The second-order valence-electron chi connectivity index (χ2n) is 7.58. The first kappa shape index (κ1) is 21.4. The summed E-state index contributed by atoms with van der Waals surface area (Å²) in [7, 11) is 0. The fourth-order valence-electron chi connectivity index (χ4n) is 4.00. The molecule has 5 rings (SSSR count). The quantitative estimate of drug-likeness (QED) is 0.336. The number of benzene rings is 2. The molecule has 10 heteroatoms. The highest BCUT2D eigenvalue weighted by Gasteiger charge is 2.40. The smallest absolute Gasteiger partial charge is 0.338 e. The number of carbonyl (C=O) groups is 3. The Labute approximate surface area is 191 Å². The molecule has 2 aromatic carbocycles. The van der Waals surface area contributed by atoms with E-state index in [-0.39, 0.29) is 40.3 Å². The Balaban J connectivity index is 1.60. The topological polar surface area (TPSA) is 94.4 Å². The number of rotatable bonds is 4. The molecule has 34 heavy (non-hydrogen) atoms. The van der Waals surface area contributed by atoms with Crippen LogP contribution in [0.25, 0.3) is 16.7 Å². The molecule has 1 aliphatic rings. The molecule has 0 saturated heterocycles. The number of imide groups is 1. The molecule has 1 aliphatic heterocycles. The van der Waals surface area contributed by atoms with E-state index >= 15 is 0 Å². The number of anilines is 1. The van der Waals surface area contributed by atoms with Crippen molar-refractivity contribution in [1.82, 2.24) is 14.8 Å². The van der Waals surface area contributed by atoms with Crippen LogP contribution in [0.1, 0.15) is 43.7 Å². The lowest BCUT2D eigenvalue weighted by atomic mass is 10.1. The molecule has 3 heterocycles. The first-order valence-corrected chi connectivity index (χ1v) is 10.3. The SMILES string of the molecule is CCOC(=O)c1ccc(N2C(=O)c3cnc4c(c(C)nn4-c4cc(F)cc(F)c4)c3C2=O)cc1. The van der Waals surface area contributed by atoms with E-state index < -0.39 is 29.4 Å². The number of fused-ring (bicyclic) bond motifs is 3. The minimum Gasteiger partial charge on any atom is -0.462 e. The number of nitrogens with zero attached hydrogens (tertiary/aromatic N) is 4. The lowest BCUT2D eigenvalue weighted by Gasteiger charge is -2.14. The van der Waals surface area contributed by atoms with Crippen LogP contribution in [0, 0.1) is 18.6 Å². The summed E-state index contributed by atoms with van der Waals surface area (Å²) >= 11 is 0. The Morgan fingerprint density at radius 3 is 2.32 bits per heavy atom. The second-order valence-corrected chi connectivity index (χ2v) is 7.58. The minimum absolute atomic E-state index is 0.0834. The van der Waals surface area contributed by atoms with Gasteiger partial charge in [0.15, 0.2) is 5.65 Å². The van der Waals surface area contributed by atoms with Crippen LogP contribution in [-0.2, 0) is 4.74 Å². The molecule has 0 saturated carbocycles. The van der Waals surface area contributed by atoms with Crippen molar-refractivity contribution in [3.05, 3.63) is 82.7 Å². The van der Waals surface area contributed by atoms with E-state index in [0.717, 1.165) is 23.1 Å². The molecular formula is C24H16F2N4O4. The predicted molar refractivity (Wildman–Crippen MR) is 117 cm³/mol. The molecular weight excluding hydrogens is 446 g/mol. The maximum absolute atomic E-state index is 13.8. The molecule has 0 aliphatic carbocycles. The molecule has 170 valence electrons. The Kier molecular flexibility index (Phi) is 4.93. The number of halogens is 2. The van der Waals surface area contributed by atoms with E-state index in [2.05, 4.69) is 10.1 Å². The lowest BCUT2D eigenvalue weighted by Crippen LogP contribution is -2.29. The summed E-state index contributed by atoms with van der Waals surface area (Å²) in [5.41, 5.74) is 1.37. The molecule has 0 unspecified atom stereocenters. The van der Waals surface area contributed by atoms with E-state index in [1.165, 1.54) is 35.1 Å². The van der Waals surface area contributed by atoms with Crippen LogP contribution < -0.4 is 4.90 Å². The average molecular weight is 462 g/mol. The van der Waals surface area contributed by atoms with Crippen molar-refractivity contribution in [3.63, 3.8) is 0 Å². The summed E-state index contributed by atoms with van der Waals surface area (Å²) in [4.78, 5) is 43.6. The van der Waals surface area contributed by atoms with Crippen molar-refractivity contribution in [3.8, 4) is 5.69 Å². The van der Waals surface area contributed by atoms with E-state index in [1.54, 1.807) is 13.8 Å². The van der Waals surface area contributed by atoms with Gasteiger partial charge in [-0.2, -0.15) is 5.10 Å². The maximum atomic E-state index is 13.8. The van der Waals surface area contributed by atoms with Crippen LogP contribution in [0.2, 0.25) is 0 Å². The zero-order chi connectivity index (χ0) is 24.1. The third kappa shape index (κ3) is 3.22. The fraction of sp³-hybridized carbons (Fsp3) is 0.125. The van der Waals surface area contributed by atoms with Gasteiger partial charge >= 0.3 is 5.97 Å². The van der Waals surface area contributed by atoms with Gasteiger partial charge in [-0.1, -0.05) is 0 Å². The normalized spacial score (nSPS) is 13.0. The van der Waals surface area contributed by atoms with Gasteiger partial charge in [0.25, 0.3) is 11.8 Å². The van der Waals surface area contributed by atoms with E-state index in [1.807, 2.05) is 0 Å². The second kappa shape index (κ2) is 7.84. The van der Waals surface area contributed by atoms with E-state index in [9.17, 15) is 23.2 Å². The number of esters is 1. The highest BCUT2D eigenvalue weighted by Crippen LogP contribution is 2.34. The molecule has 2 aromatic heterocycles. The minimum atomic E-state index is -0.791. The summed E-state index contributed by atoms with van der Waals surface area (Å²) in [6.07, 6.45) is 1.25. The summed E-state index contributed by atoms with van der Waals surface area (Å²) in [5, 5.41) is 4.62. The molecule has 0 atom stereocenters. The lowest BCUT2D eigenvalue weighted by molar-refractivity contribution is 0.0526. The molecule has 0 fully saturated rings. The molecule has 8 nitrogen and oxygen atoms in total. The summed E-state index contributed by atoms with van der Waals surface area (Å²) < 4.78 is 33.7. The van der Waals surface area contributed by atoms with Gasteiger partial charge in [-0.25, -0.2) is 28.1 Å². The van der Waals surface area contributed by atoms with Gasteiger partial charge in [-0.3, -0.25) is 9.59 Å². The Morgan fingerprint density at radius 2 is 1.68 bits per heavy atom. The number of pyridine rings is 1. The van der Waals surface area contributed by atoms with Crippen molar-refractivity contribution in [2.24, 2.45) is 0 Å². The molecule has 0 radical (unpaired) electrons. The van der Waals surface area contributed by atoms with Crippen LogP contribution in [0.15, 0.2) is 48.7 Å². The average Bonchev–Trinajstić information content (AvgIpc) is 3.27. The number of hydrogen-bond donors (Lipinski definition) is 0.